The minimum atomic E-state index is -1.25. The molecule has 0 radical (unpaired) electrons. The highest BCUT2D eigenvalue weighted by Gasteiger charge is 2.43. The molecule has 14 heavy (non-hydrogen) atoms. The maximum atomic E-state index is 11.9. The van der Waals surface area contributed by atoms with Gasteiger partial charge >= 0.3 is 0 Å². The summed E-state index contributed by atoms with van der Waals surface area (Å²) >= 11 is 0. The van der Waals surface area contributed by atoms with E-state index >= 15 is 0 Å². The molecule has 0 N–H and O–H groups in total. The van der Waals surface area contributed by atoms with Crippen LogP contribution in [-0.4, -0.2) is 20.5 Å². The van der Waals surface area contributed by atoms with Gasteiger partial charge in [0.2, 0.25) is 0 Å². The Balaban J connectivity index is 2.12. The van der Waals surface area contributed by atoms with Gasteiger partial charge in [-0.15, -0.1) is 0 Å². The fourth-order valence-electron chi connectivity index (χ4n) is 1.71. The average molecular weight is 207 g/mol. The first kappa shape index (κ1) is 8.17. The van der Waals surface area contributed by atoms with Crippen molar-refractivity contribution < 1.29 is 9.00 Å². The van der Waals surface area contributed by atoms with Gasteiger partial charge in [0, 0.05) is 6.04 Å². The molecular weight excluding hydrogens is 198 g/mol. The lowest BCUT2D eigenvalue weighted by Gasteiger charge is -2.11. The molecule has 1 amide bonds. The molecule has 0 saturated heterocycles. The lowest BCUT2D eigenvalue weighted by Crippen LogP contribution is -2.28. The van der Waals surface area contributed by atoms with Crippen molar-refractivity contribution in [3.05, 3.63) is 29.8 Å². The first-order valence-corrected chi connectivity index (χ1v) is 5.74. The van der Waals surface area contributed by atoms with Crippen LogP contribution in [0.4, 0.5) is 0 Å². The molecule has 1 saturated carbocycles. The molecule has 2 aliphatic rings. The van der Waals surface area contributed by atoms with Crippen molar-refractivity contribution in [2.24, 2.45) is 0 Å². The molecule has 1 aromatic rings. The molecule has 1 fully saturated rings. The molecule has 1 heterocycles. The van der Waals surface area contributed by atoms with Gasteiger partial charge < -0.3 is 0 Å². The monoisotopic (exact) mass is 207 g/mol. The van der Waals surface area contributed by atoms with Crippen LogP contribution in [0.1, 0.15) is 23.2 Å². The number of hydrogen-bond donors (Lipinski definition) is 0. The summed E-state index contributed by atoms with van der Waals surface area (Å²) in [6, 6.07) is 7.37. The topological polar surface area (TPSA) is 37.4 Å². The van der Waals surface area contributed by atoms with Crippen LogP contribution in [0.5, 0.6) is 0 Å². The maximum Gasteiger partial charge on any atom is 0.267 e. The minimum absolute atomic E-state index is 0.0681. The highest BCUT2D eigenvalue weighted by atomic mass is 32.2. The molecule has 1 aromatic carbocycles. The number of carbonyl (C=O) groups is 1. The molecule has 0 aromatic heterocycles. The number of carbonyl (C=O) groups excluding carboxylic acids is 1. The molecule has 3 nitrogen and oxygen atoms in total. The second-order valence-electron chi connectivity index (χ2n) is 3.61. The SMILES string of the molecule is O=C1c2ccccc2S(=O)N1C1CC1. The highest BCUT2D eigenvalue weighted by molar-refractivity contribution is 7.84. The van der Waals surface area contributed by atoms with Gasteiger partial charge in [0.1, 0.15) is 0 Å². The summed E-state index contributed by atoms with van der Waals surface area (Å²) in [5.41, 5.74) is 0.609. The van der Waals surface area contributed by atoms with Crippen LogP contribution in [0, 0.1) is 0 Å². The average Bonchev–Trinajstić information content (AvgIpc) is 2.99. The summed E-state index contributed by atoms with van der Waals surface area (Å²) in [6.07, 6.45) is 1.98. The van der Waals surface area contributed by atoms with Gasteiger partial charge in [-0.1, -0.05) is 12.1 Å². The smallest absolute Gasteiger partial charge is 0.267 e. The van der Waals surface area contributed by atoms with Gasteiger partial charge in [-0.2, -0.15) is 0 Å². The lowest BCUT2D eigenvalue weighted by molar-refractivity contribution is 0.0869. The number of nitrogens with zero attached hydrogens (tertiary/aromatic N) is 1. The number of benzene rings is 1. The predicted octanol–water partition coefficient (Wildman–Crippen LogP) is 1.33. The second kappa shape index (κ2) is 2.67. The van der Waals surface area contributed by atoms with E-state index in [-0.39, 0.29) is 11.9 Å². The zero-order chi connectivity index (χ0) is 9.71. The number of amides is 1. The van der Waals surface area contributed by atoms with Crippen LogP contribution in [0.3, 0.4) is 0 Å². The van der Waals surface area contributed by atoms with Crippen molar-refractivity contribution in [2.75, 3.05) is 0 Å². The van der Waals surface area contributed by atoms with Crippen LogP contribution in [0.15, 0.2) is 29.2 Å². The summed E-state index contributed by atoms with van der Waals surface area (Å²) in [6.45, 7) is 0. The van der Waals surface area contributed by atoms with E-state index in [1.807, 2.05) is 12.1 Å². The standard InChI is InChI=1S/C10H9NO2S/c12-10-8-3-1-2-4-9(8)14(13)11(10)7-5-6-7/h1-4,7H,5-6H2. The molecule has 1 atom stereocenters. The van der Waals surface area contributed by atoms with E-state index in [0.717, 1.165) is 12.8 Å². The zero-order valence-electron chi connectivity index (χ0n) is 7.47. The number of hydrogen-bond acceptors (Lipinski definition) is 2. The number of rotatable bonds is 1. The molecule has 4 heteroatoms. The largest absolute Gasteiger partial charge is 0.268 e. The van der Waals surface area contributed by atoms with Crippen LogP contribution >= 0.6 is 0 Å². The van der Waals surface area contributed by atoms with Crippen molar-refractivity contribution in [1.82, 2.24) is 4.31 Å². The normalized spacial score (nSPS) is 25.3. The summed E-state index contributed by atoms with van der Waals surface area (Å²) < 4.78 is 13.4. The molecule has 72 valence electrons. The van der Waals surface area contributed by atoms with Gasteiger partial charge in [-0.25, -0.2) is 4.21 Å². The van der Waals surface area contributed by atoms with Crippen molar-refractivity contribution >= 4 is 16.9 Å². The summed E-state index contributed by atoms with van der Waals surface area (Å²) in [5.74, 6) is -0.0681. The maximum absolute atomic E-state index is 11.9. The molecule has 3 rings (SSSR count). The van der Waals surface area contributed by atoms with E-state index in [4.69, 9.17) is 0 Å². The Morgan fingerprint density at radius 2 is 2.00 bits per heavy atom. The van der Waals surface area contributed by atoms with Crippen molar-refractivity contribution in [2.45, 2.75) is 23.8 Å². The van der Waals surface area contributed by atoms with Gasteiger partial charge in [0.05, 0.1) is 10.5 Å². The van der Waals surface area contributed by atoms with E-state index < -0.39 is 11.0 Å². The van der Waals surface area contributed by atoms with Gasteiger partial charge in [0.25, 0.3) is 5.91 Å². The van der Waals surface area contributed by atoms with Crippen LogP contribution < -0.4 is 0 Å². The first-order chi connectivity index (χ1) is 6.79. The van der Waals surface area contributed by atoms with Gasteiger partial charge in [-0.3, -0.25) is 9.10 Å². The van der Waals surface area contributed by atoms with E-state index in [2.05, 4.69) is 0 Å². The Kier molecular flexibility index (Phi) is 1.56. The van der Waals surface area contributed by atoms with Crippen molar-refractivity contribution in [1.29, 1.82) is 0 Å². The van der Waals surface area contributed by atoms with E-state index in [1.54, 1.807) is 12.1 Å². The van der Waals surface area contributed by atoms with E-state index in [0.29, 0.717) is 10.5 Å². The van der Waals surface area contributed by atoms with Crippen LogP contribution in [0.2, 0.25) is 0 Å². The Morgan fingerprint density at radius 1 is 1.29 bits per heavy atom. The third-order valence-electron chi connectivity index (χ3n) is 2.56. The van der Waals surface area contributed by atoms with E-state index in [9.17, 15) is 9.00 Å². The van der Waals surface area contributed by atoms with Crippen LogP contribution in [-0.2, 0) is 11.0 Å². The molecule has 1 aliphatic heterocycles. The fraction of sp³-hybridized carbons (Fsp3) is 0.300. The Bertz CT molecular complexity index is 405. The van der Waals surface area contributed by atoms with Crippen molar-refractivity contribution in [3.63, 3.8) is 0 Å². The van der Waals surface area contributed by atoms with E-state index in [1.165, 1.54) is 4.31 Å². The summed E-state index contributed by atoms with van der Waals surface area (Å²) in [5, 5.41) is 0. The third kappa shape index (κ3) is 0.973. The fourth-order valence-corrected chi connectivity index (χ4v) is 3.19. The molecule has 0 spiro atoms. The Morgan fingerprint density at radius 3 is 2.64 bits per heavy atom. The van der Waals surface area contributed by atoms with Crippen molar-refractivity contribution in [3.8, 4) is 0 Å². The molecule has 1 unspecified atom stereocenters. The lowest BCUT2D eigenvalue weighted by atomic mass is 10.2. The molecule has 1 aliphatic carbocycles. The van der Waals surface area contributed by atoms with Gasteiger partial charge in [0.15, 0.2) is 11.0 Å². The zero-order valence-corrected chi connectivity index (χ0v) is 8.29. The highest BCUT2D eigenvalue weighted by Crippen LogP contribution is 2.36. The quantitative estimate of drug-likeness (QED) is 0.696. The molecular formula is C10H9NO2S. The second-order valence-corrected chi connectivity index (χ2v) is 4.94. The predicted molar refractivity (Wildman–Crippen MR) is 52.0 cm³/mol. The Hall–Kier alpha value is -1.16. The number of fused-ring (bicyclic) bond motifs is 1. The van der Waals surface area contributed by atoms with Gasteiger partial charge in [-0.05, 0) is 25.0 Å². The Labute approximate surface area is 84.3 Å². The summed E-state index contributed by atoms with van der Waals surface area (Å²) in [4.78, 5) is 12.5. The first-order valence-electron chi connectivity index (χ1n) is 4.63. The molecule has 0 bridgehead atoms. The van der Waals surface area contributed by atoms with Crippen LogP contribution in [0.25, 0.3) is 0 Å². The summed E-state index contributed by atoms with van der Waals surface area (Å²) in [7, 11) is -1.25. The minimum Gasteiger partial charge on any atom is -0.268 e. The third-order valence-corrected chi connectivity index (χ3v) is 4.12.